The Labute approximate surface area is 228 Å². The predicted molar refractivity (Wildman–Crippen MR) is 148 cm³/mol. The first-order chi connectivity index (χ1) is 19.0. The van der Waals surface area contributed by atoms with Crippen molar-refractivity contribution in [2.24, 2.45) is 0 Å². The average Bonchev–Trinajstić information content (AvgIpc) is 3.65. The minimum absolute atomic E-state index is 0.0542. The zero-order valence-electron chi connectivity index (χ0n) is 22.5. The molecular weight excluding hydrogens is 494 g/mol. The maximum atomic E-state index is 13.4. The number of aliphatic hydroxyl groups excluding tert-OH is 1. The van der Waals surface area contributed by atoms with Crippen LogP contribution in [0.3, 0.4) is 0 Å². The van der Waals surface area contributed by atoms with Gasteiger partial charge in [0.25, 0.3) is 11.7 Å². The largest absolute Gasteiger partial charge is 0.507 e. The van der Waals surface area contributed by atoms with E-state index in [1.54, 1.807) is 23.5 Å². The number of amides is 1. The summed E-state index contributed by atoms with van der Waals surface area (Å²) in [5.74, 6) is -0.00842. The molecule has 0 radical (unpaired) electrons. The molecule has 1 N–H and O–H groups in total. The number of unbranched alkanes of at least 4 members (excludes halogenated alkanes) is 2. The summed E-state index contributed by atoms with van der Waals surface area (Å²) in [5, 5.41) is 11.5. The first kappa shape index (κ1) is 26.5. The van der Waals surface area contributed by atoms with E-state index < -0.39 is 17.7 Å². The third-order valence-corrected chi connectivity index (χ3v) is 7.27. The van der Waals surface area contributed by atoms with Gasteiger partial charge in [-0.3, -0.25) is 9.59 Å². The summed E-state index contributed by atoms with van der Waals surface area (Å²) < 4.78 is 13.7. The van der Waals surface area contributed by atoms with Gasteiger partial charge in [0.05, 0.1) is 24.5 Å². The molecule has 8 heteroatoms. The number of imidazole rings is 1. The minimum Gasteiger partial charge on any atom is -0.507 e. The molecule has 3 aromatic rings. The Balaban J connectivity index is 1.49. The van der Waals surface area contributed by atoms with Gasteiger partial charge in [0.15, 0.2) is 0 Å². The molecule has 1 saturated heterocycles. The Morgan fingerprint density at radius 2 is 2.00 bits per heavy atom. The molecule has 204 valence electrons. The second kappa shape index (κ2) is 11.8. The molecule has 0 spiro atoms. The standard InChI is InChI=1S/C31H35N3O5/c1-3-4-5-16-38-25-9-6-8-22(19-25)28-27(29(35)23-10-11-26-24(18-23)17-21(2)39-26)30(36)31(37)34(28)14-7-13-33-15-12-32-20-33/h6,8-12,15,18-21,28,35H,3-5,7,13-14,16-17H2,1-2H3/b29-27+/t21-,28-/m1/s1. The van der Waals surface area contributed by atoms with Crippen LogP contribution in [0.25, 0.3) is 5.76 Å². The van der Waals surface area contributed by atoms with Crippen LogP contribution in [0, 0.1) is 0 Å². The quantitative estimate of drug-likeness (QED) is 0.157. The van der Waals surface area contributed by atoms with Crippen LogP contribution in [0.15, 0.2) is 66.8 Å². The van der Waals surface area contributed by atoms with Gasteiger partial charge in [0, 0.05) is 37.5 Å². The van der Waals surface area contributed by atoms with Crippen LogP contribution in [0.2, 0.25) is 0 Å². The second-order valence-corrected chi connectivity index (χ2v) is 10.2. The smallest absolute Gasteiger partial charge is 0.295 e. The number of carbonyl (C=O) groups is 2. The summed E-state index contributed by atoms with van der Waals surface area (Å²) in [6.45, 7) is 5.73. The number of benzene rings is 2. The Kier molecular flexibility index (Phi) is 8.00. The minimum atomic E-state index is -0.726. The number of likely N-dealkylation sites (tertiary alicyclic amines) is 1. The lowest BCUT2D eigenvalue weighted by Gasteiger charge is -2.26. The van der Waals surface area contributed by atoms with Crippen molar-refractivity contribution in [1.29, 1.82) is 0 Å². The van der Waals surface area contributed by atoms with Crippen molar-refractivity contribution in [3.05, 3.63) is 83.4 Å². The Morgan fingerprint density at radius 3 is 2.79 bits per heavy atom. The van der Waals surface area contributed by atoms with Gasteiger partial charge in [0.1, 0.15) is 23.4 Å². The van der Waals surface area contributed by atoms with Crippen molar-refractivity contribution >= 4 is 17.4 Å². The monoisotopic (exact) mass is 529 g/mol. The molecule has 8 nitrogen and oxygen atoms in total. The third kappa shape index (κ3) is 5.70. The molecule has 3 heterocycles. The first-order valence-corrected chi connectivity index (χ1v) is 13.7. The zero-order chi connectivity index (χ0) is 27.4. The van der Waals surface area contributed by atoms with Crippen molar-refractivity contribution < 1.29 is 24.2 Å². The van der Waals surface area contributed by atoms with E-state index in [9.17, 15) is 14.7 Å². The van der Waals surface area contributed by atoms with Crippen molar-refractivity contribution in [2.75, 3.05) is 13.2 Å². The van der Waals surface area contributed by atoms with Gasteiger partial charge in [-0.05, 0) is 61.2 Å². The van der Waals surface area contributed by atoms with Gasteiger partial charge >= 0.3 is 0 Å². The van der Waals surface area contributed by atoms with E-state index in [1.807, 2.05) is 54.1 Å². The van der Waals surface area contributed by atoms with E-state index in [0.717, 1.165) is 42.6 Å². The summed E-state index contributed by atoms with van der Waals surface area (Å²) in [6, 6.07) is 12.2. The van der Waals surface area contributed by atoms with E-state index in [1.165, 1.54) is 0 Å². The Bertz CT molecular complexity index is 1360. The van der Waals surface area contributed by atoms with Crippen LogP contribution in [-0.2, 0) is 22.6 Å². The van der Waals surface area contributed by atoms with Crippen LogP contribution < -0.4 is 9.47 Å². The molecule has 39 heavy (non-hydrogen) atoms. The molecule has 2 aromatic carbocycles. The van der Waals surface area contributed by atoms with Gasteiger partial charge in [0.2, 0.25) is 0 Å². The molecule has 5 rings (SSSR count). The van der Waals surface area contributed by atoms with Crippen LogP contribution in [-0.4, -0.2) is 50.5 Å². The SMILES string of the molecule is CCCCCOc1cccc([C@@H]2/C(=C(\O)c3ccc4c(c3)C[C@@H](C)O4)C(=O)C(=O)N2CCCn2ccnc2)c1. The highest BCUT2D eigenvalue weighted by Gasteiger charge is 2.46. The Hall–Kier alpha value is -4.07. The highest BCUT2D eigenvalue weighted by molar-refractivity contribution is 6.46. The van der Waals surface area contributed by atoms with Crippen molar-refractivity contribution in [3.63, 3.8) is 0 Å². The number of hydrogen-bond acceptors (Lipinski definition) is 6. The maximum Gasteiger partial charge on any atom is 0.295 e. The summed E-state index contributed by atoms with van der Waals surface area (Å²) in [5.41, 5.74) is 2.29. The van der Waals surface area contributed by atoms with Crippen LogP contribution in [0.5, 0.6) is 11.5 Å². The fourth-order valence-corrected chi connectivity index (χ4v) is 5.34. The van der Waals surface area contributed by atoms with Crippen LogP contribution in [0.1, 0.15) is 62.3 Å². The number of aliphatic hydroxyl groups is 1. The van der Waals surface area contributed by atoms with Crippen molar-refractivity contribution in [3.8, 4) is 11.5 Å². The maximum absolute atomic E-state index is 13.4. The molecule has 2 aliphatic heterocycles. The molecule has 0 bridgehead atoms. The lowest BCUT2D eigenvalue weighted by Crippen LogP contribution is -2.31. The average molecular weight is 530 g/mol. The first-order valence-electron chi connectivity index (χ1n) is 13.7. The number of aromatic nitrogens is 2. The number of aryl methyl sites for hydroxylation is 1. The molecule has 2 atom stereocenters. The summed E-state index contributed by atoms with van der Waals surface area (Å²) in [6.07, 6.45) is 9.84. The van der Waals surface area contributed by atoms with E-state index in [2.05, 4.69) is 11.9 Å². The normalized spacial score (nSPS) is 19.8. The topological polar surface area (TPSA) is 93.9 Å². The number of hydrogen-bond donors (Lipinski definition) is 1. The fraction of sp³-hybridized carbons (Fsp3) is 0.387. The van der Waals surface area contributed by atoms with E-state index in [-0.39, 0.29) is 17.4 Å². The Morgan fingerprint density at radius 1 is 1.13 bits per heavy atom. The molecule has 1 fully saturated rings. The van der Waals surface area contributed by atoms with Crippen LogP contribution in [0.4, 0.5) is 0 Å². The molecular formula is C31H35N3O5. The molecule has 1 amide bonds. The second-order valence-electron chi connectivity index (χ2n) is 10.2. The molecule has 0 unspecified atom stereocenters. The van der Waals surface area contributed by atoms with Gasteiger partial charge in [-0.25, -0.2) is 4.98 Å². The summed E-state index contributed by atoms with van der Waals surface area (Å²) in [7, 11) is 0. The number of fused-ring (bicyclic) bond motifs is 1. The van der Waals surface area contributed by atoms with Gasteiger partial charge in [-0.2, -0.15) is 0 Å². The third-order valence-electron chi connectivity index (χ3n) is 7.27. The number of carbonyl (C=O) groups excluding carboxylic acids is 2. The van der Waals surface area contributed by atoms with Gasteiger partial charge in [-0.15, -0.1) is 0 Å². The van der Waals surface area contributed by atoms with Crippen LogP contribution >= 0.6 is 0 Å². The summed E-state index contributed by atoms with van der Waals surface area (Å²) in [4.78, 5) is 32.4. The van der Waals surface area contributed by atoms with E-state index in [0.29, 0.717) is 37.4 Å². The number of ketones is 1. The van der Waals surface area contributed by atoms with E-state index >= 15 is 0 Å². The number of nitrogens with zero attached hydrogens (tertiary/aromatic N) is 3. The highest BCUT2D eigenvalue weighted by Crippen LogP contribution is 2.41. The number of ether oxygens (including phenoxy) is 2. The molecule has 2 aliphatic rings. The fourth-order valence-electron chi connectivity index (χ4n) is 5.34. The zero-order valence-corrected chi connectivity index (χ0v) is 22.5. The molecule has 0 saturated carbocycles. The van der Waals surface area contributed by atoms with Gasteiger partial charge in [-0.1, -0.05) is 31.9 Å². The molecule has 1 aromatic heterocycles. The number of Topliss-reactive ketones (excluding diaryl/α,β-unsaturated/α-hetero) is 1. The lowest BCUT2D eigenvalue weighted by molar-refractivity contribution is -0.139. The van der Waals surface area contributed by atoms with E-state index in [4.69, 9.17) is 9.47 Å². The lowest BCUT2D eigenvalue weighted by atomic mass is 9.94. The number of rotatable bonds is 11. The van der Waals surface area contributed by atoms with Crippen molar-refractivity contribution in [2.45, 2.75) is 64.6 Å². The highest BCUT2D eigenvalue weighted by atomic mass is 16.5. The van der Waals surface area contributed by atoms with Gasteiger partial charge < -0.3 is 24.0 Å². The van der Waals surface area contributed by atoms with Crippen molar-refractivity contribution in [1.82, 2.24) is 14.5 Å². The summed E-state index contributed by atoms with van der Waals surface area (Å²) >= 11 is 0. The predicted octanol–water partition coefficient (Wildman–Crippen LogP) is 5.29. The molecule has 0 aliphatic carbocycles.